The van der Waals surface area contributed by atoms with E-state index in [1.165, 1.54) is 18.4 Å². The molecule has 4 rings (SSSR count). The summed E-state index contributed by atoms with van der Waals surface area (Å²) in [7, 11) is 0. The summed E-state index contributed by atoms with van der Waals surface area (Å²) in [5, 5.41) is 4.14. The van der Waals surface area contributed by atoms with Crippen LogP contribution in [0, 0.1) is 6.92 Å². The first-order valence-electron chi connectivity index (χ1n) is 8.90. The average molecular weight is 334 g/mol. The van der Waals surface area contributed by atoms with E-state index in [-0.39, 0.29) is 0 Å². The molecule has 0 bridgehead atoms. The third-order valence-electron chi connectivity index (χ3n) is 4.78. The minimum absolute atomic E-state index is 0.443. The Morgan fingerprint density at radius 3 is 2.44 bits per heavy atom. The lowest BCUT2D eigenvalue weighted by Gasteiger charge is -2.07. The number of benzene rings is 2. The Labute approximate surface area is 147 Å². The van der Waals surface area contributed by atoms with E-state index in [1.807, 2.05) is 24.3 Å². The molecule has 0 atom stereocenters. The summed E-state index contributed by atoms with van der Waals surface area (Å²) in [5.41, 5.74) is 3.37. The van der Waals surface area contributed by atoms with Gasteiger partial charge >= 0.3 is 0 Å². The van der Waals surface area contributed by atoms with Gasteiger partial charge in [-0.15, -0.1) is 0 Å². The zero-order valence-electron chi connectivity index (χ0n) is 14.4. The van der Waals surface area contributed by atoms with Gasteiger partial charge in [-0.25, -0.2) is 0 Å². The number of hydrogen-bond acceptors (Lipinski definition) is 4. The number of ether oxygens (including phenoxy) is 1. The van der Waals surface area contributed by atoms with Gasteiger partial charge in [0.1, 0.15) is 12.4 Å². The van der Waals surface area contributed by atoms with Crippen LogP contribution in [-0.2, 0) is 6.61 Å². The highest BCUT2D eigenvalue weighted by Gasteiger charge is 2.23. The molecule has 25 heavy (non-hydrogen) atoms. The molecule has 1 aromatic heterocycles. The van der Waals surface area contributed by atoms with Crippen molar-refractivity contribution in [2.45, 2.75) is 45.1 Å². The maximum Gasteiger partial charge on any atom is 0.230 e. The predicted molar refractivity (Wildman–Crippen MR) is 96.5 cm³/mol. The first-order chi connectivity index (χ1) is 12.3. The van der Waals surface area contributed by atoms with Crippen molar-refractivity contribution in [1.29, 1.82) is 0 Å². The topological polar surface area (TPSA) is 48.2 Å². The van der Waals surface area contributed by atoms with Crippen LogP contribution in [0.5, 0.6) is 5.75 Å². The van der Waals surface area contributed by atoms with E-state index in [2.05, 4.69) is 41.3 Å². The van der Waals surface area contributed by atoms with E-state index in [9.17, 15) is 0 Å². The molecule has 0 saturated heterocycles. The number of aromatic nitrogens is 2. The second kappa shape index (κ2) is 7.09. The lowest BCUT2D eigenvalue weighted by molar-refractivity contribution is 0.306. The summed E-state index contributed by atoms with van der Waals surface area (Å²) in [6, 6.07) is 16.2. The van der Waals surface area contributed by atoms with Gasteiger partial charge in [-0.05, 0) is 49.6 Å². The largest absolute Gasteiger partial charge is 0.489 e. The van der Waals surface area contributed by atoms with E-state index in [0.717, 1.165) is 35.6 Å². The summed E-state index contributed by atoms with van der Waals surface area (Å²) in [6.45, 7) is 2.65. The molecule has 2 aromatic carbocycles. The van der Waals surface area contributed by atoms with Crippen molar-refractivity contribution in [1.82, 2.24) is 10.1 Å². The zero-order valence-corrected chi connectivity index (χ0v) is 14.4. The van der Waals surface area contributed by atoms with Gasteiger partial charge in [0.25, 0.3) is 0 Å². The van der Waals surface area contributed by atoms with Crippen LogP contribution < -0.4 is 4.74 Å². The Morgan fingerprint density at radius 1 is 1.00 bits per heavy atom. The normalized spacial score (nSPS) is 14.8. The minimum Gasteiger partial charge on any atom is -0.489 e. The maximum atomic E-state index is 5.85. The molecular formula is C21H22N2O2. The molecule has 1 heterocycles. The second-order valence-corrected chi connectivity index (χ2v) is 6.74. The van der Waals surface area contributed by atoms with Gasteiger partial charge in [0.2, 0.25) is 11.7 Å². The van der Waals surface area contributed by atoms with Gasteiger partial charge in [0, 0.05) is 11.5 Å². The molecule has 3 aromatic rings. The Hall–Kier alpha value is -2.62. The molecule has 1 fully saturated rings. The molecule has 0 aliphatic heterocycles. The van der Waals surface area contributed by atoms with E-state index in [0.29, 0.717) is 18.3 Å². The van der Waals surface area contributed by atoms with Crippen LogP contribution in [0.25, 0.3) is 11.4 Å². The minimum atomic E-state index is 0.443. The molecule has 128 valence electrons. The predicted octanol–water partition coefficient (Wildman–Crippen LogP) is 5.28. The van der Waals surface area contributed by atoms with Gasteiger partial charge in [0.05, 0.1) is 0 Å². The third kappa shape index (κ3) is 3.73. The average Bonchev–Trinajstić information content (AvgIpc) is 3.33. The summed E-state index contributed by atoms with van der Waals surface area (Å²) >= 11 is 0. The van der Waals surface area contributed by atoms with Crippen molar-refractivity contribution in [3.63, 3.8) is 0 Å². The monoisotopic (exact) mass is 334 g/mol. The summed E-state index contributed by atoms with van der Waals surface area (Å²) < 4.78 is 11.3. The Morgan fingerprint density at radius 2 is 1.72 bits per heavy atom. The number of rotatable bonds is 5. The van der Waals surface area contributed by atoms with Crippen molar-refractivity contribution in [2.75, 3.05) is 0 Å². The Kier molecular flexibility index (Phi) is 4.51. The Balaban J connectivity index is 1.40. The summed E-state index contributed by atoms with van der Waals surface area (Å²) in [5.74, 6) is 2.72. The lowest BCUT2D eigenvalue weighted by Crippen LogP contribution is -1.95. The fraction of sp³-hybridized carbons (Fsp3) is 0.333. The molecule has 1 saturated carbocycles. The quantitative estimate of drug-likeness (QED) is 0.637. The van der Waals surface area contributed by atoms with E-state index >= 15 is 0 Å². The molecule has 4 nitrogen and oxygen atoms in total. The SMILES string of the molecule is Cc1ccc(COc2ccc(-c3noc(C4CCCC4)n3)cc2)cc1. The molecule has 0 unspecified atom stereocenters. The van der Waals surface area contributed by atoms with Crippen molar-refractivity contribution in [2.24, 2.45) is 0 Å². The van der Waals surface area contributed by atoms with Gasteiger partial charge in [-0.2, -0.15) is 4.98 Å². The van der Waals surface area contributed by atoms with Crippen molar-refractivity contribution in [3.8, 4) is 17.1 Å². The van der Waals surface area contributed by atoms with Crippen LogP contribution in [0.1, 0.15) is 48.6 Å². The highest BCUT2D eigenvalue weighted by Crippen LogP contribution is 2.34. The fourth-order valence-corrected chi connectivity index (χ4v) is 3.24. The molecule has 0 spiro atoms. The summed E-state index contributed by atoms with van der Waals surface area (Å²) in [6.07, 6.45) is 4.84. The number of aryl methyl sites for hydroxylation is 1. The van der Waals surface area contributed by atoms with Gasteiger partial charge in [0.15, 0.2) is 0 Å². The number of hydrogen-bond donors (Lipinski definition) is 0. The molecule has 4 heteroatoms. The van der Waals surface area contributed by atoms with Crippen LogP contribution in [-0.4, -0.2) is 10.1 Å². The van der Waals surface area contributed by atoms with E-state index in [1.54, 1.807) is 0 Å². The van der Waals surface area contributed by atoms with Crippen LogP contribution in [0.15, 0.2) is 53.1 Å². The molecular weight excluding hydrogens is 312 g/mol. The van der Waals surface area contributed by atoms with Crippen LogP contribution in [0.4, 0.5) is 0 Å². The van der Waals surface area contributed by atoms with Crippen molar-refractivity contribution >= 4 is 0 Å². The molecule has 0 N–H and O–H groups in total. The van der Waals surface area contributed by atoms with Gasteiger partial charge < -0.3 is 9.26 Å². The molecule has 1 aliphatic rings. The van der Waals surface area contributed by atoms with Gasteiger partial charge in [-0.1, -0.05) is 47.8 Å². The third-order valence-corrected chi connectivity index (χ3v) is 4.78. The van der Waals surface area contributed by atoms with Crippen LogP contribution in [0.2, 0.25) is 0 Å². The van der Waals surface area contributed by atoms with Crippen LogP contribution >= 0.6 is 0 Å². The number of nitrogens with zero attached hydrogens (tertiary/aromatic N) is 2. The lowest BCUT2D eigenvalue weighted by atomic mass is 10.1. The highest BCUT2D eigenvalue weighted by atomic mass is 16.5. The molecule has 0 radical (unpaired) electrons. The molecule has 0 amide bonds. The first kappa shape index (κ1) is 15.9. The fourth-order valence-electron chi connectivity index (χ4n) is 3.24. The molecule has 1 aliphatic carbocycles. The van der Waals surface area contributed by atoms with Crippen molar-refractivity contribution in [3.05, 3.63) is 65.5 Å². The summed E-state index contributed by atoms with van der Waals surface area (Å²) in [4.78, 5) is 4.58. The van der Waals surface area contributed by atoms with Gasteiger partial charge in [-0.3, -0.25) is 0 Å². The van der Waals surface area contributed by atoms with E-state index in [4.69, 9.17) is 9.26 Å². The van der Waals surface area contributed by atoms with Crippen molar-refractivity contribution < 1.29 is 9.26 Å². The van der Waals surface area contributed by atoms with Crippen LogP contribution in [0.3, 0.4) is 0 Å². The van der Waals surface area contributed by atoms with E-state index < -0.39 is 0 Å². The first-order valence-corrected chi connectivity index (χ1v) is 8.90. The second-order valence-electron chi connectivity index (χ2n) is 6.74. The maximum absolute atomic E-state index is 5.85. The highest BCUT2D eigenvalue weighted by molar-refractivity contribution is 5.55. The smallest absolute Gasteiger partial charge is 0.230 e. The Bertz CT molecular complexity index is 816. The zero-order chi connectivity index (χ0) is 17.1. The standard InChI is InChI=1S/C21H22N2O2/c1-15-6-8-16(9-7-15)14-24-19-12-10-17(11-13-19)20-22-21(25-23-20)18-4-2-3-5-18/h6-13,18H,2-5,14H2,1H3.